The van der Waals surface area contributed by atoms with Crippen molar-refractivity contribution in [1.29, 1.82) is 0 Å². The maximum Gasteiger partial charge on any atom is 0.248 e. The summed E-state index contributed by atoms with van der Waals surface area (Å²) in [7, 11) is 1.60. The number of para-hydroxylation sites is 1. The van der Waals surface area contributed by atoms with Gasteiger partial charge < -0.3 is 16.2 Å². The highest BCUT2D eigenvalue weighted by atomic mass is 32.2. The zero-order valence-electron chi connectivity index (χ0n) is 13.4. The molecule has 4 N–H and O–H groups in total. The molecule has 0 radical (unpaired) electrons. The summed E-state index contributed by atoms with van der Waals surface area (Å²) in [5.41, 5.74) is 12.0. The van der Waals surface area contributed by atoms with Gasteiger partial charge in [0.25, 0.3) is 0 Å². The SMILES string of the molecule is COc1cccc2c(N)ncnc12.CSc1ccc(C(N)=O)cc1. The normalized spacial score (nSPS) is 9.92. The Bertz CT molecular complexity index is 838. The van der Waals surface area contributed by atoms with Gasteiger partial charge in [0.15, 0.2) is 0 Å². The van der Waals surface area contributed by atoms with Crippen LogP contribution in [0.4, 0.5) is 5.82 Å². The Morgan fingerprint density at radius 1 is 1.12 bits per heavy atom. The molecule has 0 aliphatic rings. The highest BCUT2D eigenvalue weighted by molar-refractivity contribution is 7.98. The van der Waals surface area contributed by atoms with Gasteiger partial charge in [0, 0.05) is 15.8 Å². The second-order valence-electron chi connectivity index (χ2n) is 4.71. The van der Waals surface area contributed by atoms with E-state index in [0.29, 0.717) is 17.1 Å². The molecule has 0 bridgehead atoms. The molecule has 0 fully saturated rings. The van der Waals surface area contributed by atoms with E-state index in [1.165, 1.54) is 6.33 Å². The van der Waals surface area contributed by atoms with Crippen LogP contribution in [0.15, 0.2) is 53.7 Å². The molecular formula is C17H18N4O2S. The van der Waals surface area contributed by atoms with E-state index >= 15 is 0 Å². The van der Waals surface area contributed by atoms with Crippen LogP contribution in [0.3, 0.4) is 0 Å². The van der Waals surface area contributed by atoms with Gasteiger partial charge in [-0.15, -0.1) is 11.8 Å². The van der Waals surface area contributed by atoms with Gasteiger partial charge in [-0.3, -0.25) is 4.79 Å². The van der Waals surface area contributed by atoms with Gasteiger partial charge in [-0.05, 0) is 42.7 Å². The van der Waals surface area contributed by atoms with Crippen molar-refractivity contribution in [2.45, 2.75) is 4.90 Å². The molecule has 0 aliphatic heterocycles. The average molecular weight is 342 g/mol. The average Bonchev–Trinajstić information content (AvgIpc) is 2.62. The molecule has 124 valence electrons. The number of hydrogen-bond acceptors (Lipinski definition) is 6. The summed E-state index contributed by atoms with van der Waals surface area (Å²) in [5.74, 6) is 0.813. The first kappa shape index (κ1) is 17.6. The van der Waals surface area contributed by atoms with E-state index in [0.717, 1.165) is 15.8 Å². The van der Waals surface area contributed by atoms with Crippen molar-refractivity contribution in [3.05, 3.63) is 54.4 Å². The van der Waals surface area contributed by atoms with E-state index in [1.54, 1.807) is 31.0 Å². The minimum absolute atomic E-state index is 0.377. The number of ether oxygens (including phenoxy) is 1. The number of rotatable bonds is 3. The zero-order valence-corrected chi connectivity index (χ0v) is 14.2. The number of amides is 1. The third kappa shape index (κ3) is 4.14. The monoisotopic (exact) mass is 342 g/mol. The van der Waals surface area contributed by atoms with Crippen LogP contribution >= 0.6 is 11.8 Å². The van der Waals surface area contributed by atoms with Crippen LogP contribution in [0, 0.1) is 0 Å². The molecule has 1 aromatic heterocycles. The number of carbonyl (C=O) groups excluding carboxylic acids is 1. The lowest BCUT2D eigenvalue weighted by Crippen LogP contribution is -2.10. The number of thioether (sulfide) groups is 1. The third-order valence-corrected chi connectivity index (χ3v) is 4.00. The summed E-state index contributed by atoms with van der Waals surface area (Å²) in [4.78, 5) is 19.7. The van der Waals surface area contributed by atoms with Crippen LogP contribution < -0.4 is 16.2 Å². The molecule has 3 rings (SSSR count). The molecule has 1 amide bonds. The van der Waals surface area contributed by atoms with E-state index in [1.807, 2.05) is 36.6 Å². The fourth-order valence-corrected chi connectivity index (χ4v) is 2.41. The van der Waals surface area contributed by atoms with Gasteiger partial charge in [0.2, 0.25) is 5.91 Å². The molecule has 0 saturated carbocycles. The van der Waals surface area contributed by atoms with E-state index in [9.17, 15) is 4.79 Å². The fraction of sp³-hybridized carbons (Fsp3) is 0.118. The number of hydrogen-bond donors (Lipinski definition) is 2. The van der Waals surface area contributed by atoms with Crippen molar-refractivity contribution in [3.8, 4) is 5.75 Å². The molecule has 0 saturated heterocycles. The number of methoxy groups -OCH3 is 1. The maximum atomic E-state index is 10.6. The van der Waals surface area contributed by atoms with Crippen molar-refractivity contribution in [2.24, 2.45) is 5.73 Å². The number of anilines is 1. The number of nitrogen functional groups attached to an aromatic ring is 1. The number of fused-ring (bicyclic) bond motifs is 1. The Balaban J connectivity index is 0.000000177. The molecule has 0 aliphatic carbocycles. The third-order valence-electron chi connectivity index (χ3n) is 3.25. The summed E-state index contributed by atoms with van der Waals surface area (Å²) < 4.78 is 5.14. The Morgan fingerprint density at radius 2 is 1.83 bits per heavy atom. The van der Waals surface area contributed by atoms with Crippen molar-refractivity contribution >= 4 is 34.4 Å². The van der Waals surface area contributed by atoms with Crippen LogP contribution in [-0.4, -0.2) is 29.2 Å². The fourth-order valence-electron chi connectivity index (χ4n) is 2.00. The van der Waals surface area contributed by atoms with Crippen molar-refractivity contribution in [2.75, 3.05) is 19.1 Å². The summed E-state index contributed by atoms with van der Waals surface area (Å²) >= 11 is 1.64. The molecule has 3 aromatic rings. The van der Waals surface area contributed by atoms with Gasteiger partial charge >= 0.3 is 0 Å². The predicted molar refractivity (Wildman–Crippen MR) is 97.2 cm³/mol. The van der Waals surface area contributed by atoms with Crippen LogP contribution in [0.1, 0.15) is 10.4 Å². The van der Waals surface area contributed by atoms with Gasteiger partial charge in [0.1, 0.15) is 23.4 Å². The highest BCUT2D eigenvalue weighted by Gasteiger charge is 2.04. The van der Waals surface area contributed by atoms with Gasteiger partial charge in [-0.1, -0.05) is 6.07 Å². The first-order valence-corrected chi connectivity index (χ1v) is 8.26. The summed E-state index contributed by atoms with van der Waals surface area (Å²) in [6.07, 6.45) is 3.42. The van der Waals surface area contributed by atoms with E-state index in [2.05, 4.69) is 9.97 Å². The molecule has 2 aromatic carbocycles. The second-order valence-corrected chi connectivity index (χ2v) is 5.59. The Labute approximate surface area is 144 Å². The number of aromatic nitrogens is 2. The first-order chi connectivity index (χ1) is 11.6. The number of carbonyl (C=O) groups is 1. The number of nitrogens with two attached hydrogens (primary N) is 2. The van der Waals surface area contributed by atoms with Crippen molar-refractivity contribution in [3.63, 3.8) is 0 Å². The summed E-state index contributed by atoms with van der Waals surface area (Å²) in [6.45, 7) is 0. The summed E-state index contributed by atoms with van der Waals surface area (Å²) in [5, 5.41) is 0.821. The Hall–Kier alpha value is -2.80. The molecule has 1 heterocycles. The van der Waals surface area contributed by atoms with Crippen LogP contribution in [0.5, 0.6) is 5.75 Å². The largest absolute Gasteiger partial charge is 0.494 e. The minimum atomic E-state index is -0.377. The standard InChI is InChI=1S/C9H9N3O.C8H9NOS/c1-13-7-4-2-3-6-8(7)11-5-12-9(6)10;1-11-7-4-2-6(3-5-7)8(9)10/h2-5H,1H3,(H2,10,11,12);2-5H,1H3,(H2,9,10). The minimum Gasteiger partial charge on any atom is -0.494 e. The van der Waals surface area contributed by atoms with Crippen LogP contribution in [0.2, 0.25) is 0 Å². The molecule has 0 spiro atoms. The summed E-state index contributed by atoms with van der Waals surface area (Å²) in [6, 6.07) is 12.8. The van der Waals surface area contributed by atoms with Gasteiger partial charge in [-0.2, -0.15) is 0 Å². The van der Waals surface area contributed by atoms with Gasteiger partial charge in [0.05, 0.1) is 7.11 Å². The maximum absolute atomic E-state index is 10.6. The molecule has 24 heavy (non-hydrogen) atoms. The van der Waals surface area contributed by atoms with E-state index in [4.69, 9.17) is 16.2 Å². The van der Waals surface area contributed by atoms with Crippen molar-refractivity contribution in [1.82, 2.24) is 9.97 Å². The number of nitrogens with zero attached hydrogens (tertiary/aromatic N) is 2. The number of benzene rings is 2. The lowest BCUT2D eigenvalue weighted by atomic mass is 10.2. The molecule has 6 nitrogen and oxygen atoms in total. The van der Waals surface area contributed by atoms with Crippen molar-refractivity contribution < 1.29 is 9.53 Å². The van der Waals surface area contributed by atoms with E-state index in [-0.39, 0.29) is 5.91 Å². The first-order valence-electron chi connectivity index (χ1n) is 7.04. The van der Waals surface area contributed by atoms with Gasteiger partial charge in [-0.25, -0.2) is 9.97 Å². The Kier molecular flexibility index (Phi) is 5.97. The quantitative estimate of drug-likeness (QED) is 0.709. The van der Waals surface area contributed by atoms with Crippen LogP contribution in [-0.2, 0) is 0 Å². The molecule has 0 unspecified atom stereocenters. The topological polar surface area (TPSA) is 104 Å². The smallest absolute Gasteiger partial charge is 0.248 e. The molecular weight excluding hydrogens is 324 g/mol. The van der Waals surface area contributed by atoms with E-state index < -0.39 is 0 Å². The second kappa shape index (κ2) is 8.16. The zero-order chi connectivity index (χ0) is 17.5. The highest BCUT2D eigenvalue weighted by Crippen LogP contribution is 2.25. The molecule has 0 atom stereocenters. The Morgan fingerprint density at radius 3 is 2.42 bits per heavy atom. The van der Waals surface area contributed by atoms with Crippen LogP contribution in [0.25, 0.3) is 10.9 Å². The predicted octanol–water partition coefficient (Wildman–Crippen LogP) is 2.73. The lowest BCUT2D eigenvalue weighted by molar-refractivity contribution is 0.1000. The lowest BCUT2D eigenvalue weighted by Gasteiger charge is -2.04. The molecule has 7 heteroatoms. The number of primary amides is 1.